The molecule has 0 aliphatic heterocycles. The summed E-state index contributed by atoms with van der Waals surface area (Å²) < 4.78 is 19.5. The van der Waals surface area contributed by atoms with Crippen LogP contribution in [0.4, 0.5) is 0 Å². The Labute approximate surface area is 77.9 Å². The van der Waals surface area contributed by atoms with Crippen molar-refractivity contribution >= 4 is 6.47 Å². The second kappa shape index (κ2) is 7.97. The molecule has 0 aromatic carbocycles. The van der Waals surface area contributed by atoms with Crippen LogP contribution in [0.2, 0.25) is 0 Å². The van der Waals surface area contributed by atoms with Gasteiger partial charge in [-0.05, 0) is 13.8 Å². The molecule has 0 heterocycles. The van der Waals surface area contributed by atoms with E-state index in [1.54, 1.807) is 6.92 Å². The van der Waals surface area contributed by atoms with Gasteiger partial charge in [0, 0.05) is 13.7 Å². The van der Waals surface area contributed by atoms with E-state index in [9.17, 15) is 4.79 Å². The zero-order valence-corrected chi connectivity index (χ0v) is 8.11. The summed E-state index contributed by atoms with van der Waals surface area (Å²) in [6.45, 7) is 5.48. The molecule has 13 heavy (non-hydrogen) atoms. The Kier molecular flexibility index (Phi) is 7.57. The molecule has 2 unspecified atom stereocenters. The monoisotopic (exact) mass is 191 g/mol. The van der Waals surface area contributed by atoms with Gasteiger partial charge in [-0.15, -0.1) is 0 Å². The van der Waals surface area contributed by atoms with Crippen molar-refractivity contribution in [3.63, 3.8) is 0 Å². The molecular formula is C8H15O5. The molecule has 0 aromatic heterocycles. The Balaban J connectivity index is 3.51. The molecule has 77 valence electrons. The summed E-state index contributed by atoms with van der Waals surface area (Å²) >= 11 is 0. The highest BCUT2D eigenvalue weighted by Gasteiger charge is 2.09. The van der Waals surface area contributed by atoms with Gasteiger partial charge < -0.3 is 18.9 Å². The van der Waals surface area contributed by atoms with Crippen molar-refractivity contribution in [1.82, 2.24) is 0 Å². The van der Waals surface area contributed by atoms with Crippen LogP contribution in [0.15, 0.2) is 0 Å². The van der Waals surface area contributed by atoms with Gasteiger partial charge in [0.2, 0.25) is 6.29 Å². The van der Waals surface area contributed by atoms with Crippen molar-refractivity contribution in [2.75, 3.05) is 20.3 Å². The minimum absolute atomic E-state index is 0.215. The minimum Gasteiger partial charge on any atom is -0.428 e. The Hall–Kier alpha value is -0.650. The van der Waals surface area contributed by atoms with E-state index in [2.05, 4.69) is 4.74 Å². The number of methoxy groups -OCH3 is 1. The maximum atomic E-state index is 9.77. The Morgan fingerprint density at radius 1 is 1.38 bits per heavy atom. The topological polar surface area (TPSA) is 54.0 Å². The van der Waals surface area contributed by atoms with Crippen molar-refractivity contribution in [2.45, 2.75) is 26.4 Å². The summed E-state index contributed by atoms with van der Waals surface area (Å²) in [4.78, 5) is 9.77. The fraction of sp³-hybridized carbons (Fsp3) is 0.875. The predicted octanol–water partition coefficient (Wildman–Crippen LogP) is 0.442. The Morgan fingerprint density at radius 3 is 2.54 bits per heavy atom. The summed E-state index contributed by atoms with van der Waals surface area (Å²) in [5, 5.41) is 0. The van der Waals surface area contributed by atoms with Crippen LogP contribution in [0.5, 0.6) is 0 Å². The SMILES string of the molecule is CCOC(COC(C)O[C]=O)OC. The molecule has 0 N–H and O–H groups in total. The van der Waals surface area contributed by atoms with Gasteiger partial charge in [0.15, 0.2) is 6.29 Å². The molecule has 0 bridgehead atoms. The average Bonchev–Trinajstić information content (AvgIpc) is 2.12. The summed E-state index contributed by atoms with van der Waals surface area (Å²) in [5.41, 5.74) is 0. The van der Waals surface area contributed by atoms with Gasteiger partial charge in [-0.1, -0.05) is 0 Å². The molecule has 5 nitrogen and oxygen atoms in total. The first-order chi connectivity index (χ1) is 6.24. The molecule has 0 aliphatic carbocycles. The summed E-state index contributed by atoms with van der Waals surface area (Å²) in [7, 11) is 1.51. The molecule has 1 radical (unpaired) electrons. The third kappa shape index (κ3) is 6.51. The average molecular weight is 191 g/mol. The van der Waals surface area contributed by atoms with E-state index in [1.807, 2.05) is 6.92 Å². The van der Waals surface area contributed by atoms with Crippen molar-refractivity contribution in [1.29, 1.82) is 0 Å². The van der Waals surface area contributed by atoms with Gasteiger partial charge in [-0.25, -0.2) is 4.79 Å². The van der Waals surface area contributed by atoms with Crippen molar-refractivity contribution in [2.24, 2.45) is 0 Å². The fourth-order valence-corrected chi connectivity index (χ4v) is 0.686. The van der Waals surface area contributed by atoms with Crippen LogP contribution < -0.4 is 0 Å². The highest BCUT2D eigenvalue weighted by atomic mass is 16.7. The number of carbonyl (C=O) groups excluding carboxylic acids is 1. The van der Waals surface area contributed by atoms with Gasteiger partial charge >= 0.3 is 6.47 Å². The lowest BCUT2D eigenvalue weighted by atomic mass is 10.6. The second-order valence-electron chi connectivity index (χ2n) is 2.22. The zero-order chi connectivity index (χ0) is 10.1. The summed E-state index contributed by atoms with van der Waals surface area (Å²) in [6.07, 6.45) is -1.06. The number of hydrogen-bond donors (Lipinski definition) is 0. The lowest BCUT2D eigenvalue weighted by Crippen LogP contribution is -2.25. The first kappa shape index (κ1) is 12.3. The van der Waals surface area contributed by atoms with Gasteiger partial charge in [-0.2, -0.15) is 0 Å². The first-order valence-electron chi connectivity index (χ1n) is 4.03. The molecule has 0 saturated carbocycles. The molecule has 5 heteroatoms. The molecule has 0 saturated heterocycles. The fourth-order valence-electron chi connectivity index (χ4n) is 0.686. The molecule has 0 fully saturated rings. The molecule has 0 amide bonds. The molecule has 0 rings (SSSR count). The summed E-state index contributed by atoms with van der Waals surface area (Å²) in [5.74, 6) is 0. The number of ether oxygens (including phenoxy) is 4. The van der Waals surface area contributed by atoms with Gasteiger partial charge in [0.05, 0.1) is 0 Å². The lowest BCUT2D eigenvalue weighted by molar-refractivity contribution is -0.187. The van der Waals surface area contributed by atoms with E-state index in [0.717, 1.165) is 0 Å². The van der Waals surface area contributed by atoms with E-state index in [0.29, 0.717) is 6.61 Å². The second-order valence-corrected chi connectivity index (χ2v) is 2.22. The lowest BCUT2D eigenvalue weighted by Gasteiger charge is -2.17. The minimum atomic E-state index is -0.629. The first-order valence-corrected chi connectivity index (χ1v) is 4.03. The quantitative estimate of drug-likeness (QED) is 0.521. The molecule has 0 aliphatic rings. The van der Waals surface area contributed by atoms with Crippen molar-refractivity contribution < 1.29 is 23.7 Å². The van der Waals surface area contributed by atoms with Gasteiger partial charge in [0.25, 0.3) is 0 Å². The highest BCUT2D eigenvalue weighted by molar-refractivity contribution is 5.38. The third-order valence-electron chi connectivity index (χ3n) is 1.30. The van der Waals surface area contributed by atoms with Crippen LogP contribution in [0.1, 0.15) is 13.8 Å². The van der Waals surface area contributed by atoms with E-state index in [4.69, 9.17) is 14.2 Å². The van der Waals surface area contributed by atoms with E-state index in [-0.39, 0.29) is 6.61 Å². The zero-order valence-electron chi connectivity index (χ0n) is 8.11. The van der Waals surface area contributed by atoms with Gasteiger partial charge in [-0.3, -0.25) is 0 Å². The standard InChI is InChI=1S/C8H15O5/c1-4-11-8(10-3)5-12-7(2)13-6-9/h7-8H,4-5H2,1-3H3. The van der Waals surface area contributed by atoms with Crippen LogP contribution in [0.25, 0.3) is 0 Å². The van der Waals surface area contributed by atoms with Crippen LogP contribution in [-0.4, -0.2) is 39.4 Å². The maximum Gasteiger partial charge on any atom is 0.419 e. The predicted molar refractivity (Wildman–Crippen MR) is 44.6 cm³/mol. The molecule has 2 atom stereocenters. The van der Waals surface area contributed by atoms with Crippen LogP contribution in [0, 0.1) is 0 Å². The number of rotatable bonds is 8. The van der Waals surface area contributed by atoms with Crippen LogP contribution in [0.3, 0.4) is 0 Å². The highest BCUT2D eigenvalue weighted by Crippen LogP contribution is 1.98. The van der Waals surface area contributed by atoms with E-state index >= 15 is 0 Å². The summed E-state index contributed by atoms with van der Waals surface area (Å²) in [6, 6.07) is 0. The Morgan fingerprint density at radius 2 is 2.08 bits per heavy atom. The van der Waals surface area contributed by atoms with Crippen LogP contribution >= 0.6 is 0 Å². The van der Waals surface area contributed by atoms with Crippen LogP contribution in [-0.2, 0) is 23.7 Å². The largest absolute Gasteiger partial charge is 0.428 e. The maximum absolute atomic E-state index is 9.77. The normalized spacial score (nSPS) is 15.0. The van der Waals surface area contributed by atoms with E-state index < -0.39 is 12.6 Å². The third-order valence-corrected chi connectivity index (χ3v) is 1.30. The smallest absolute Gasteiger partial charge is 0.419 e. The van der Waals surface area contributed by atoms with E-state index in [1.165, 1.54) is 13.6 Å². The van der Waals surface area contributed by atoms with Gasteiger partial charge in [0.1, 0.15) is 6.61 Å². The molecule has 0 spiro atoms. The molecular weight excluding hydrogens is 176 g/mol. The molecule has 0 aromatic rings. The van der Waals surface area contributed by atoms with Crippen molar-refractivity contribution in [3.05, 3.63) is 0 Å². The van der Waals surface area contributed by atoms with Crippen molar-refractivity contribution in [3.8, 4) is 0 Å². The number of hydrogen-bond acceptors (Lipinski definition) is 5. The Bertz CT molecular complexity index is 128.